The van der Waals surface area contributed by atoms with Crippen molar-refractivity contribution in [3.05, 3.63) is 43.2 Å². The van der Waals surface area contributed by atoms with Crippen LogP contribution in [0.25, 0.3) is 28.0 Å². The molecular weight excluding hydrogens is 515 g/mol. The predicted octanol–water partition coefficient (Wildman–Crippen LogP) is 4.08. The van der Waals surface area contributed by atoms with Crippen molar-refractivity contribution in [3.63, 3.8) is 0 Å². The second kappa shape index (κ2) is 10.2. The van der Waals surface area contributed by atoms with Crippen molar-refractivity contribution in [2.75, 3.05) is 31.1 Å². The number of anilines is 1. The normalized spacial score (nSPS) is 15.0. The lowest BCUT2D eigenvalue weighted by molar-refractivity contribution is -0.142. The van der Waals surface area contributed by atoms with Gasteiger partial charge in [-0.2, -0.15) is 23.4 Å². The minimum absolute atomic E-state index is 0.333. The number of nitrogens with zero attached hydrogens (tertiary/aromatic N) is 9. The number of fused-ring (bicyclic) bond motifs is 1. The highest BCUT2D eigenvalue weighted by Gasteiger charge is 2.28. The molecule has 0 aromatic carbocycles. The highest BCUT2D eigenvalue weighted by molar-refractivity contribution is 5.83. The Balaban J connectivity index is 1.36. The highest BCUT2D eigenvalue weighted by Crippen LogP contribution is 2.25. The van der Waals surface area contributed by atoms with Crippen LogP contribution in [-0.2, 0) is 11.3 Å². The summed E-state index contributed by atoms with van der Waals surface area (Å²) in [4.78, 5) is 29.8. The number of ether oxygens (including phenoxy) is 1. The van der Waals surface area contributed by atoms with Gasteiger partial charge in [0.2, 0.25) is 0 Å². The molecule has 0 saturated carbocycles. The molecule has 1 fully saturated rings. The van der Waals surface area contributed by atoms with Gasteiger partial charge in [-0.25, -0.2) is 14.5 Å². The van der Waals surface area contributed by atoms with Crippen LogP contribution in [0.5, 0.6) is 0 Å². The van der Waals surface area contributed by atoms with Crippen LogP contribution in [0, 0.1) is 0 Å². The number of hydrogen-bond acceptors (Lipinski definition) is 8. The summed E-state index contributed by atoms with van der Waals surface area (Å²) in [5.74, 6) is 1.12. The van der Waals surface area contributed by atoms with Gasteiger partial charge in [0.05, 0.1) is 36.0 Å². The van der Waals surface area contributed by atoms with Crippen LogP contribution in [0.2, 0.25) is 0 Å². The third kappa shape index (κ3) is 6.26. The molecule has 1 aliphatic rings. The summed E-state index contributed by atoms with van der Waals surface area (Å²) < 4.78 is 46.2. The zero-order chi connectivity index (χ0) is 27.8. The number of rotatable bonds is 4. The number of hydrogen-bond donors (Lipinski definition) is 0. The monoisotopic (exact) mass is 543 g/mol. The van der Waals surface area contributed by atoms with Gasteiger partial charge in [0.25, 0.3) is 0 Å². The van der Waals surface area contributed by atoms with Gasteiger partial charge in [0.1, 0.15) is 18.0 Å². The zero-order valence-corrected chi connectivity index (χ0v) is 21.8. The van der Waals surface area contributed by atoms with Crippen LogP contribution >= 0.6 is 0 Å². The van der Waals surface area contributed by atoms with Gasteiger partial charge in [-0.1, -0.05) is 0 Å². The van der Waals surface area contributed by atoms with E-state index in [1.807, 2.05) is 20.8 Å². The summed E-state index contributed by atoms with van der Waals surface area (Å²) in [6, 6.07) is 1.73. The SMILES string of the molecule is CC(C)(C)OC(=O)N1CCCN(c2cncc(-n3ncc4cnc(-c5cnn(CC(F)(F)F)c5)cc43)n2)CC1. The van der Waals surface area contributed by atoms with Crippen molar-refractivity contribution in [3.8, 4) is 17.1 Å². The van der Waals surface area contributed by atoms with E-state index >= 15 is 0 Å². The number of halogens is 3. The maximum atomic E-state index is 12.7. The molecule has 0 bridgehead atoms. The molecule has 0 atom stereocenters. The Morgan fingerprint density at radius 2 is 1.77 bits per heavy atom. The molecule has 0 radical (unpaired) electrons. The predicted molar refractivity (Wildman–Crippen MR) is 136 cm³/mol. The summed E-state index contributed by atoms with van der Waals surface area (Å²) in [7, 11) is 0. The van der Waals surface area contributed by atoms with Crippen LogP contribution in [0.3, 0.4) is 0 Å². The van der Waals surface area contributed by atoms with E-state index in [1.54, 1.807) is 40.4 Å². The van der Waals surface area contributed by atoms with Gasteiger partial charge >= 0.3 is 12.3 Å². The van der Waals surface area contributed by atoms with Gasteiger partial charge < -0.3 is 14.5 Å². The van der Waals surface area contributed by atoms with Crippen LogP contribution in [0.4, 0.5) is 23.8 Å². The lowest BCUT2D eigenvalue weighted by Crippen LogP contribution is -2.39. The topological polar surface area (TPSA) is 107 Å². The third-order valence-corrected chi connectivity index (χ3v) is 6.02. The summed E-state index contributed by atoms with van der Waals surface area (Å²) in [6.45, 7) is 6.67. The molecule has 5 heterocycles. The number of alkyl halides is 3. The second-order valence-corrected chi connectivity index (χ2v) is 10.3. The van der Waals surface area contributed by atoms with E-state index < -0.39 is 18.3 Å². The molecule has 0 unspecified atom stereocenters. The van der Waals surface area contributed by atoms with Crippen LogP contribution in [-0.4, -0.2) is 83.5 Å². The molecule has 1 saturated heterocycles. The zero-order valence-electron chi connectivity index (χ0n) is 21.8. The van der Waals surface area contributed by atoms with Crippen molar-refractivity contribution < 1.29 is 22.7 Å². The van der Waals surface area contributed by atoms with E-state index in [4.69, 9.17) is 9.72 Å². The van der Waals surface area contributed by atoms with Crippen molar-refractivity contribution in [2.45, 2.75) is 45.5 Å². The summed E-state index contributed by atoms with van der Waals surface area (Å²) in [6.07, 6.45) is 5.19. The van der Waals surface area contributed by atoms with Crippen LogP contribution in [0.15, 0.2) is 43.2 Å². The fourth-order valence-electron chi connectivity index (χ4n) is 4.28. The van der Waals surface area contributed by atoms with Crippen molar-refractivity contribution >= 4 is 22.8 Å². The first-order chi connectivity index (χ1) is 18.4. The second-order valence-electron chi connectivity index (χ2n) is 10.3. The quantitative estimate of drug-likeness (QED) is 0.379. The van der Waals surface area contributed by atoms with Crippen molar-refractivity contribution in [1.29, 1.82) is 0 Å². The fraction of sp³-hybridized carbons (Fsp3) is 0.440. The fourth-order valence-corrected chi connectivity index (χ4v) is 4.28. The molecule has 0 spiro atoms. The molecule has 14 heteroatoms. The van der Waals surface area contributed by atoms with Gasteiger partial charge in [-0.05, 0) is 33.3 Å². The lowest BCUT2D eigenvalue weighted by Gasteiger charge is -2.26. The number of aromatic nitrogens is 7. The number of pyridine rings is 1. The smallest absolute Gasteiger partial charge is 0.410 e. The Bertz CT molecular complexity index is 1480. The Kier molecular flexibility index (Phi) is 6.87. The molecule has 5 rings (SSSR count). The van der Waals surface area contributed by atoms with Crippen LogP contribution < -0.4 is 4.90 Å². The molecule has 4 aromatic heterocycles. The van der Waals surface area contributed by atoms with Gasteiger partial charge in [0.15, 0.2) is 5.82 Å². The van der Waals surface area contributed by atoms with Gasteiger partial charge in [-0.3, -0.25) is 14.6 Å². The molecule has 0 aliphatic carbocycles. The Hall–Kier alpha value is -4.23. The first-order valence-electron chi connectivity index (χ1n) is 12.4. The summed E-state index contributed by atoms with van der Waals surface area (Å²) in [5.41, 5.74) is 1.01. The van der Waals surface area contributed by atoms with Gasteiger partial charge in [-0.15, -0.1) is 0 Å². The molecule has 206 valence electrons. The van der Waals surface area contributed by atoms with E-state index in [0.717, 1.165) is 16.5 Å². The first-order valence-corrected chi connectivity index (χ1v) is 12.4. The number of amides is 1. The van der Waals surface area contributed by atoms with Crippen LogP contribution in [0.1, 0.15) is 27.2 Å². The Morgan fingerprint density at radius 3 is 2.54 bits per heavy atom. The third-order valence-electron chi connectivity index (χ3n) is 6.02. The minimum Gasteiger partial charge on any atom is -0.444 e. The number of carbonyl (C=O) groups is 1. The largest absolute Gasteiger partial charge is 0.444 e. The minimum atomic E-state index is -4.37. The first kappa shape index (κ1) is 26.4. The molecular formula is C25H28F3N9O2. The van der Waals surface area contributed by atoms with E-state index in [2.05, 4.69) is 25.1 Å². The summed E-state index contributed by atoms with van der Waals surface area (Å²) in [5, 5.41) is 8.98. The molecule has 0 N–H and O–H groups in total. The average molecular weight is 544 g/mol. The highest BCUT2D eigenvalue weighted by atomic mass is 19.4. The van der Waals surface area contributed by atoms with E-state index in [0.29, 0.717) is 54.6 Å². The lowest BCUT2D eigenvalue weighted by atomic mass is 10.2. The summed E-state index contributed by atoms with van der Waals surface area (Å²) >= 11 is 0. The van der Waals surface area contributed by atoms with Crippen molar-refractivity contribution in [1.82, 2.24) is 39.4 Å². The van der Waals surface area contributed by atoms with E-state index in [-0.39, 0.29) is 6.09 Å². The average Bonchev–Trinajstić information content (AvgIpc) is 3.41. The van der Waals surface area contributed by atoms with E-state index in [1.165, 1.54) is 12.4 Å². The molecule has 4 aromatic rings. The number of carbonyl (C=O) groups excluding carboxylic acids is 1. The van der Waals surface area contributed by atoms with Gasteiger partial charge in [0, 0.05) is 49.5 Å². The molecule has 1 amide bonds. The van der Waals surface area contributed by atoms with E-state index in [9.17, 15) is 18.0 Å². The Labute approximate surface area is 222 Å². The maximum absolute atomic E-state index is 12.7. The molecule has 11 nitrogen and oxygen atoms in total. The molecule has 39 heavy (non-hydrogen) atoms. The standard InChI is InChI=1S/C25H28F3N9O2/c1-24(2,3)39-23(38)35-6-4-5-34(7-8-35)21-13-29-14-22(33-21)37-20-9-19(30-10-17(20)11-32-37)18-12-31-36(15-18)16-25(26,27)28/h9-15H,4-8,16H2,1-3H3. The van der Waals surface area contributed by atoms with Crippen molar-refractivity contribution in [2.24, 2.45) is 0 Å². The maximum Gasteiger partial charge on any atom is 0.410 e. The Morgan fingerprint density at radius 1 is 0.974 bits per heavy atom. The molecule has 1 aliphatic heterocycles.